The Bertz CT molecular complexity index is 543. The lowest BCUT2D eigenvalue weighted by Crippen LogP contribution is -2.41. The third-order valence-corrected chi connectivity index (χ3v) is 4.37. The molecule has 0 unspecified atom stereocenters. The molecule has 3 N–H and O–H groups in total. The van der Waals surface area contributed by atoms with Gasteiger partial charge >= 0.3 is 5.97 Å². The Morgan fingerprint density at radius 2 is 2.00 bits per heavy atom. The van der Waals surface area contributed by atoms with Crippen molar-refractivity contribution in [1.29, 1.82) is 0 Å². The lowest BCUT2D eigenvalue weighted by molar-refractivity contribution is -0.139. The van der Waals surface area contributed by atoms with E-state index in [2.05, 4.69) is 14.9 Å². The summed E-state index contributed by atoms with van der Waals surface area (Å²) in [6.45, 7) is 6.79. The van der Waals surface area contributed by atoms with Crippen LogP contribution in [0, 0.1) is 19.8 Å². The fourth-order valence-electron chi connectivity index (χ4n) is 1.85. The van der Waals surface area contributed by atoms with E-state index in [4.69, 9.17) is 5.11 Å². The third kappa shape index (κ3) is 3.77. The highest BCUT2D eigenvalue weighted by atomic mass is 32.2. The first-order valence-electron chi connectivity index (χ1n) is 5.92. The molecule has 1 aromatic heterocycles. The zero-order valence-electron chi connectivity index (χ0n) is 11.4. The summed E-state index contributed by atoms with van der Waals surface area (Å²) in [5.74, 6) is -1.12. The molecule has 1 heterocycles. The van der Waals surface area contributed by atoms with E-state index in [1.54, 1.807) is 13.8 Å². The molecule has 108 valence electrons. The van der Waals surface area contributed by atoms with Gasteiger partial charge in [0.05, 0.1) is 11.4 Å². The minimum atomic E-state index is -3.89. The molecule has 0 radical (unpaired) electrons. The first-order chi connectivity index (χ1) is 8.65. The van der Waals surface area contributed by atoms with E-state index in [0.29, 0.717) is 11.4 Å². The highest BCUT2D eigenvalue weighted by Crippen LogP contribution is 2.18. The maximum absolute atomic E-state index is 12.2. The third-order valence-electron chi connectivity index (χ3n) is 2.63. The number of sulfonamides is 1. The summed E-state index contributed by atoms with van der Waals surface area (Å²) < 4.78 is 26.6. The summed E-state index contributed by atoms with van der Waals surface area (Å²) >= 11 is 0. The van der Waals surface area contributed by atoms with Crippen molar-refractivity contribution in [2.24, 2.45) is 5.92 Å². The Hall–Kier alpha value is -1.41. The number of nitrogens with zero attached hydrogens (tertiary/aromatic N) is 1. The van der Waals surface area contributed by atoms with Crippen molar-refractivity contribution >= 4 is 16.0 Å². The van der Waals surface area contributed by atoms with E-state index in [0.717, 1.165) is 0 Å². The van der Waals surface area contributed by atoms with Crippen LogP contribution in [0.2, 0.25) is 0 Å². The lowest BCUT2D eigenvalue weighted by Gasteiger charge is -2.16. The minimum absolute atomic E-state index is 0.0162. The molecule has 0 saturated carbocycles. The minimum Gasteiger partial charge on any atom is -0.480 e. The average Bonchev–Trinajstić information content (AvgIpc) is 2.56. The number of aliphatic carboxylic acids is 1. The van der Waals surface area contributed by atoms with E-state index in [9.17, 15) is 13.2 Å². The largest absolute Gasteiger partial charge is 0.480 e. The van der Waals surface area contributed by atoms with E-state index in [1.807, 2.05) is 13.8 Å². The van der Waals surface area contributed by atoms with Crippen molar-refractivity contribution in [2.45, 2.75) is 45.1 Å². The molecule has 19 heavy (non-hydrogen) atoms. The van der Waals surface area contributed by atoms with Gasteiger partial charge in [-0.1, -0.05) is 13.8 Å². The molecular formula is C11H19N3O4S. The quantitative estimate of drug-likeness (QED) is 0.717. The predicted octanol–water partition coefficient (Wildman–Crippen LogP) is 0.804. The van der Waals surface area contributed by atoms with Crippen molar-refractivity contribution in [3.63, 3.8) is 0 Å². The molecule has 0 aliphatic heterocycles. The molecule has 0 aliphatic carbocycles. The SMILES string of the molecule is Cc1n[nH]c(C)c1S(=O)(=O)N[C@@H](CC(C)C)C(=O)O. The molecule has 8 heteroatoms. The number of nitrogens with one attached hydrogen (secondary N) is 2. The summed E-state index contributed by atoms with van der Waals surface area (Å²) in [6, 6.07) is -1.14. The van der Waals surface area contributed by atoms with E-state index in [1.165, 1.54) is 0 Å². The van der Waals surface area contributed by atoms with Gasteiger partial charge in [-0.15, -0.1) is 0 Å². The second kappa shape index (κ2) is 5.70. The van der Waals surface area contributed by atoms with Crippen LogP contribution in [0.4, 0.5) is 0 Å². The normalized spacial score (nSPS) is 13.7. The number of aryl methyl sites for hydroxylation is 2. The van der Waals surface area contributed by atoms with Crippen LogP contribution in [0.1, 0.15) is 31.7 Å². The van der Waals surface area contributed by atoms with Crippen LogP contribution in [-0.2, 0) is 14.8 Å². The first kappa shape index (κ1) is 15.6. The van der Waals surface area contributed by atoms with Gasteiger partial charge in [0.15, 0.2) is 0 Å². The summed E-state index contributed by atoms with van der Waals surface area (Å²) in [5.41, 5.74) is 0.706. The van der Waals surface area contributed by atoms with Crippen LogP contribution in [0.25, 0.3) is 0 Å². The molecule has 1 atom stereocenters. The molecule has 1 aromatic rings. The number of aromatic nitrogens is 2. The highest BCUT2D eigenvalue weighted by molar-refractivity contribution is 7.89. The maximum atomic E-state index is 12.2. The number of aromatic amines is 1. The Kier molecular flexibility index (Phi) is 4.70. The smallest absolute Gasteiger partial charge is 0.321 e. The topological polar surface area (TPSA) is 112 Å². The monoisotopic (exact) mass is 289 g/mol. The highest BCUT2D eigenvalue weighted by Gasteiger charge is 2.29. The standard InChI is InChI=1S/C11H19N3O4S/c1-6(2)5-9(11(15)16)14-19(17,18)10-7(3)12-13-8(10)4/h6,9,14H,5H2,1-4H3,(H,12,13)(H,15,16)/t9-/m0/s1. The van der Waals surface area contributed by atoms with Crippen LogP contribution >= 0.6 is 0 Å². The molecule has 1 rings (SSSR count). The number of H-pyrrole nitrogens is 1. The number of rotatable bonds is 6. The molecule has 0 bridgehead atoms. The van der Waals surface area contributed by atoms with Crippen molar-refractivity contribution in [1.82, 2.24) is 14.9 Å². The van der Waals surface area contributed by atoms with Gasteiger partial charge in [-0.25, -0.2) is 8.42 Å². The number of carbonyl (C=O) groups is 1. The summed E-state index contributed by atoms with van der Waals surface area (Å²) in [7, 11) is -3.89. The zero-order chi connectivity index (χ0) is 14.8. The van der Waals surface area contributed by atoms with Crippen molar-refractivity contribution in [2.75, 3.05) is 0 Å². The van der Waals surface area contributed by atoms with Crippen LogP contribution in [0.3, 0.4) is 0 Å². The average molecular weight is 289 g/mol. The molecule has 0 amide bonds. The van der Waals surface area contributed by atoms with Gasteiger partial charge < -0.3 is 5.11 Å². The molecule has 7 nitrogen and oxygen atoms in total. The Balaban J connectivity index is 3.05. The van der Waals surface area contributed by atoms with Gasteiger partial charge in [-0.05, 0) is 26.2 Å². The molecule has 0 aliphatic rings. The predicted molar refractivity (Wildman–Crippen MR) is 69.3 cm³/mol. The van der Waals surface area contributed by atoms with Crippen LogP contribution in [0.5, 0.6) is 0 Å². The number of hydrogen-bond donors (Lipinski definition) is 3. The van der Waals surface area contributed by atoms with Crippen LogP contribution in [0.15, 0.2) is 4.90 Å². The molecule has 0 spiro atoms. The summed E-state index contributed by atoms with van der Waals surface area (Å²) in [6.07, 6.45) is 0.227. The Morgan fingerprint density at radius 3 is 2.37 bits per heavy atom. The molecule has 0 saturated heterocycles. The second-order valence-corrected chi connectivity index (χ2v) is 6.56. The first-order valence-corrected chi connectivity index (χ1v) is 7.40. The van der Waals surface area contributed by atoms with Crippen molar-refractivity contribution in [3.8, 4) is 0 Å². The van der Waals surface area contributed by atoms with Gasteiger partial charge in [-0.3, -0.25) is 9.89 Å². The van der Waals surface area contributed by atoms with Crippen molar-refractivity contribution < 1.29 is 18.3 Å². The van der Waals surface area contributed by atoms with Gasteiger partial charge in [0, 0.05) is 0 Å². The number of hydrogen-bond acceptors (Lipinski definition) is 4. The Labute approximate surface area is 112 Å². The Morgan fingerprint density at radius 1 is 1.42 bits per heavy atom. The molecule has 0 fully saturated rings. The summed E-state index contributed by atoms with van der Waals surface area (Å²) in [5, 5.41) is 15.4. The second-order valence-electron chi connectivity index (χ2n) is 4.90. The van der Waals surface area contributed by atoms with Gasteiger partial charge in [0.1, 0.15) is 10.9 Å². The fraction of sp³-hybridized carbons (Fsp3) is 0.636. The van der Waals surface area contributed by atoms with Gasteiger partial charge in [0.25, 0.3) is 0 Å². The lowest BCUT2D eigenvalue weighted by atomic mass is 10.1. The summed E-state index contributed by atoms with van der Waals surface area (Å²) in [4.78, 5) is 11.1. The van der Waals surface area contributed by atoms with E-state index in [-0.39, 0.29) is 17.2 Å². The molecular weight excluding hydrogens is 270 g/mol. The zero-order valence-corrected chi connectivity index (χ0v) is 12.2. The van der Waals surface area contributed by atoms with E-state index >= 15 is 0 Å². The molecule has 0 aromatic carbocycles. The fourth-order valence-corrected chi connectivity index (χ4v) is 3.43. The van der Waals surface area contributed by atoms with Crippen LogP contribution < -0.4 is 4.72 Å². The number of carboxylic acid groups (broad SMARTS) is 1. The maximum Gasteiger partial charge on any atom is 0.321 e. The van der Waals surface area contributed by atoms with Crippen LogP contribution in [-0.4, -0.2) is 35.7 Å². The van der Waals surface area contributed by atoms with Gasteiger partial charge in [-0.2, -0.15) is 9.82 Å². The van der Waals surface area contributed by atoms with Crippen molar-refractivity contribution in [3.05, 3.63) is 11.4 Å². The van der Waals surface area contributed by atoms with Gasteiger partial charge in [0.2, 0.25) is 10.0 Å². The number of carboxylic acids is 1. The van der Waals surface area contributed by atoms with E-state index < -0.39 is 22.0 Å².